The van der Waals surface area contributed by atoms with Gasteiger partial charge in [0.15, 0.2) is 0 Å². The van der Waals surface area contributed by atoms with E-state index in [0.29, 0.717) is 28.3 Å². The van der Waals surface area contributed by atoms with Crippen LogP contribution in [0, 0.1) is 13.8 Å². The summed E-state index contributed by atoms with van der Waals surface area (Å²) in [7, 11) is 1.58. The maximum absolute atomic E-state index is 12.9. The fourth-order valence-electron chi connectivity index (χ4n) is 2.91. The molecule has 0 saturated carbocycles. The van der Waals surface area contributed by atoms with E-state index in [1.165, 1.54) is 6.07 Å². The van der Waals surface area contributed by atoms with Crippen molar-refractivity contribution in [1.82, 2.24) is 4.98 Å². The number of phenolic OH excluding ortho intramolecular Hbond substituents is 1. The maximum Gasteiger partial charge on any atom is 0.259 e. The monoisotopic (exact) mass is 417 g/mol. The molecule has 0 spiro atoms. The summed E-state index contributed by atoms with van der Waals surface area (Å²) in [5.41, 5.74) is 8.53. The Hall–Kier alpha value is -4.20. The molecular weight excluding hydrogens is 394 g/mol. The number of nitrogens with one attached hydrogen (secondary N) is 2. The molecule has 158 valence electrons. The van der Waals surface area contributed by atoms with Crippen LogP contribution in [0.4, 0.5) is 11.5 Å². The second kappa shape index (κ2) is 9.08. The third-order valence-corrected chi connectivity index (χ3v) is 4.58. The van der Waals surface area contributed by atoms with E-state index in [1.54, 1.807) is 56.6 Å². The van der Waals surface area contributed by atoms with Crippen molar-refractivity contribution in [1.29, 1.82) is 0 Å². The minimum absolute atomic E-state index is 0.0129. The topological polar surface area (TPSA) is 130 Å². The summed E-state index contributed by atoms with van der Waals surface area (Å²) in [5.74, 6) is -0.492. The number of rotatable bonds is 5. The molecule has 2 amide bonds. The SMILES string of the molecule is CN=C(N)c1ccc(C(=O)Nc2c(O)cc(C)cc2C(=O)Nc2ccc(C)cn2)cc1. The van der Waals surface area contributed by atoms with E-state index in [1.807, 2.05) is 13.0 Å². The number of nitrogens with two attached hydrogens (primary N) is 1. The highest BCUT2D eigenvalue weighted by molar-refractivity contribution is 6.13. The van der Waals surface area contributed by atoms with Crippen molar-refractivity contribution in [2.75, 3.05) is 17.7 Å². The number of amidine groups is 1. The number of aromatic hydroxyl groups is 1. The first-order valence-electron chi connectivity index (χ1n) is 9.50. The first-order valence-corrected chi connectivity index (χ1v) is 9.50. The van der Waals surface area contributed by atoms with Gasteiger partial charge >= 0.3 is 0 Å². The lowest BCUT2D eigenvalue weighted by Crippen LogP contribution is -2.19. The van der Waals surface area contributed by atoms with Crippen LogP contribution in [0.25, 0.3) is 0 Å². The average Bonchev–Trinajstić information content (AvgIpc) is 2.76. The van der Waals surface area contributed by atoms with Crippen LogP contribution < -0.4 is 16.4 Å². The van der Waals surface area contributed by atoms with Gasteiger partial charge in [-0.2, -0.15) is 0 Å². The quantitative estimate of drug-likeness (QED) is 0.288. The first kappa shape index (κ1) is 21.5. The number of phenols is 1. The molecule has 8 heteroatoms. The van der Waals surface area contributed by atoms with Crippen molar-refractivity contribution in [2.45, 2.75) is 13.8 Å². The number of nitrogens with zero attached hydrogens (tertiary/aromatic N) is 2. The van der Waals surface area contributed by atoms with Gasteiger partial charge in [0.25, 0.3) is 11.8 Å². The van der Waals surface area contributed by atoms with Crippen LogP contribution in [-0.4, -0.2) is 34.8 Å². The van der Waals surface area contributed by atoms with Gasteiger partial charge in [-0.3, -0.25) is 14.6 Å². The Bertz CT molecular complexity index is 1150. The summed E-state index contributed by atoms with van der Waals surface area (Å²) in [6.45, 7) is 3.63. The molecule has 0 aliphatic carbocycles. The van der Waals surface area contributed by atoms with E-state index in [-0.39, 0.29) is 17.0 Å². The third-order valence-electron chi connectivity index (χ3n) is 4.58. The van der Waals surface area contributed by atoms with Crippen molar-refractivity contribution in [3.63, 3.8) is 0 Å². The summed E-state index contributed by atoms with van der Waals surface area (Å²) in [6.07, 6.45) is 1.63. The van der Waals surface area contributed by atoms with E-state index < -0.39 is 11.8 Å². The maximum atomic E-state index is 12.9. The number of anilines is 2. The van der Waals surface area contributed by atoms with Gasteiger partial charge in [-0.15, -0.1) is 0 Å². The lowest BCUT2D eigenvalue weighted by atomic mass is 10.1. The fraction of sp³-hybridized carbons (Fsp3) is 0.130. The highest BCUT2D eigenvalue weighted by Gasteiger charge is 2.19. The molecule has 1 aromatic heterocycles. The average molecular weight is 417 g/mol. The lowest BCUT2D eigenvalue weighted by Gasteiger charge is -2.14. The number of pyridine rings is 1. The molecule has 5 N–H and O–H groups in total. The number of hydrogen-bond donors (Lipinski definition) is 4. The zero-order chi connectivity index (χ0) is 22.5. The van der Waals surface area contributed by atoms with Crippen molar-refractivity contribution in [3.05, 3.63) is 82.5 Å². The number of benzene rings is 2. The molecule has 0 saturated heterocycles. The standard InChI is InChI=1S/C23H23N5O3/c1-13-4-9-19(26-12-13)27-23(31)17-10-14(2)11-18(29)20(17)28-22(30)16-7-5-15(6-8-16)21(24)25-3/h4-12,29H,1-3H3,(H2,24,25)(H,28,30)(H,26,27,31). The van der Waals surface area contributed by atoms with Gasteiger partial charge in [-0.25, -0.2) is 4.98 Å². The second-order valence-corrected chi connectivity index (χ2v) is 7.02. The summed E-state index contributed by atoms with van der Waals surface area (Å²) < 4.78 is 0. The van der Waals surface area contributed by atoms with E-state index in [4.69, 9.17) is 5.73 Å². The van der Waals surface area contributed by atoms with Crippen LogP contribution in [0.1, 0.15) is 37.4 Å². The minimum Gasteiger partial charge on any atom is -0.506 e. The number of aliphatic imine (C=N–C) groups is 1. The molecule has 1 heterocycles. The summed E-state index contributed by atoms with van der Waals surface area (Å²) in [5, 5.41) is 15.7. The Labute approximate surface area is 179 Å². The molecule has 3 aromatic rings. The van der Waals surface area contributed by atoms with E-state index >= 15 is 0 Å². The Morgan fingerprint density at radius 3 is 2.23 bits per heavy atom. The Morgan fingerprint density at radius 2 is 1.61 bits per heavy atom. The molecular formula is C23H23N5O3. The second-order valence-electron chi connectivity index (χ2n) is 7.02. The van der Waals surface area contributed by atoms with Gasteiger partial charge in [-0.1, -0.05) is 18.2 Å². The zero-order valence-corrected chi connectivity index (χ0v) is 17.4. The third kappa shape index (κ3) is 5.05. The van der Waals surface area contributed by atoms with E-state index in [0.717, 1.165) is 5.56 Å². The molecule has 8 nitrogen and oxygen atoms in total. The molecule has 0 unspecified atom stereocenters. The molecule has 0 fully saturated rings. The number of carbonyl (C=O) groups excluding carboxylic acids is 2. The van der Waals surface area contributed by atoms with Crippen LogP contribution in [0.15, 0.2) is 59.7 Å². The lowest BCUT2D eigenvalue weighted by molar-refractivity contribution is 0.102. The Morgan fingerprint density at radius 1 is 0.935 bits per heavy atom. The Balaban J connectivity index is 1.87. The Kier molecular flexibility index (Phi) is 6.30. The van der Waals surface area contributed by atoms with Gasteiger partial charge in [0, 0.05) is 24.4 Å². The molecule has 0 atom stereocenters. The summed E-state index contributed by atoms with van der Waals surface area (Å²) in [6, 6.07) is 13.1. The van der Waals surface area contributed by atoms with Crippen LogP contribution in [-0.2, 0) is 0 Å². The number of aryl methyl sites for hydroxylation is 2. The molecule has 0 bridgehead atoms. The highest BCUT2D eigenvalue weighted by atomic mass is 16.3. The molecule has 0 aliphatic heterocycles. The largest absolute Gasteiger partial charge is 0.506 e. The van der Waals surface area contributed by atoms with Gasteiger partial charge in [0.05, 0.1) is 11.3 Å². The number of carbonyl (C=O) groups is 2. The van der Waals surface area contributed by atoms with Gasteiger partial charge in [-0.05, 0) is 55.3 Å². The predicted molar refractivity (Wildman–Crippen MR) is 121 cm³/mol. The van der Waals surface area contributed by atoms with Gasteiger partial charge in [0.1, 0.15) is 17.4 Å². The summed E-state index contributed by atoms with van der Waals surface area (Å²) >= 11 is 0. The minimum atomic E-state index is -0.507. The highest BCUT2D eigenvalue weighted by Crippen LogP contribution is 2.30. The normalized spacial score (nSPS) is 11.1. The summed E-state index contributed by atoms with van der Waals surface area (Å²) in [4.78, 5) is 33.7. The van der Waals surface area contributed by atoms with Crippen LogP contribution >= 0.6 is 0 Å². The van der Waals surface area contributed by atoms with Crippen molar-refractivity contribution < 1.29 is 14.7 Å². The fourth-order valence-corrected chi connectivity index (χ4v) is 2.91. The van der Waals surface area contributed by atoms with Gasteiger partial charge < -0.3 is 21.5 Å². The van der Waals surface area contributed by atoms with Crippen LogP contribution in [0.5, 0.6) is 5.75 Å². The molecule has 31 heavy (non-hydrogen) atoms. The first-order chi connectivity index (χ1) is 14.8. The molecule has 0 radical (unpaired) electrons. The van der Waals surface area contributed by atoms with E-state index in [9.17, 15) is 14.7 Å². The smallest absolute Gasteiger partial charge is 0.259 e. The van der Waals surface area contributed by atoms with E-state index in [2.05, 4.69) is 20.6 Å². The van der Waals surface area contributed by atoms with Crippen molar-refractivity contribution in [3.8, 4) is 5.75 Å². The van der Waals surface area contributed by atoms with Crippen LogP contribution in [0.3, 0.4) is 0 Å². The van der Waals surface area contributed by atoms with Crippen LogP contribution in [0.2, 0.25) is 0 Å². The predicted octanol–water partition coefficient (Wildman–Crippen LogP) is 3.24. The number of amides is 2. The molecule has 3 rings (SSSR count). The zero-order valence-electron chi connectivity index (χ0n) is 17.4. The number of hydrogen-bond acceptors (Lipinski definition) is 5. The van der Waals surface area contributed by atoms with Crippen molar-refractivity contribution in [2.24, 2.45) is 10.7 Å². The van der Waals surface area contributed by atoms with Gasteiger partial charge in [0.2, 0.25) is 0 Å². The number of aromatic nitrogens is 1. The molecule has 2 aromatic carbocycles. The van der Waals surface area contributed by atoms with Crippen molar-refractivity contribution >= 4 is 29.2 Å². The molecule has 0 aliphatic rings.